The lowest BCUT2D eigenvalue weighted by Gasteiger charge is -2.13. The van der Waals surface area contributed by atoms with E-state index in [1.165, 1.54) is 5.56 Å². The zero-order valence-electron chi connectivity index (χ0n) is 17.3. The van der Waals surface area contributed by atoms with E-state index < -0.39 is 0 Å². The SMILES string of the molecule is CCOc1cc(CCCNC(=NC)NCC(=O)Nc2ccccc2)ccc1OC. The molecule has 0 aromatic heterocycles. The molecule has 0 aliphatic rings. The molecular weight excluding hydrogens is 368 g/mol. The Hall–Kier alpha value is -3.22. The van der Waals surface area contributed by atoms with E-state index in [1.54, 1.807) is 14.2 Å². The molecule has 2 rings (SSSR count). The third-order valence-electron chi connectivity index (χ3n) is 4.16. The number of anilines is 1. The number of benzene rings is 2. The van der Waals surface area contributed by atoms with Crippen LogP contribution in [-0.4, -0.2) is 45.7 Å². The lowest BCUT2D eigenvalue weighted by molar-refractivity contribution is -0.115. The van der Waals surface area contributed by atoms with E-state index in [0.29, 0.717) is 12.6 Å². The van der Waals surface area contributed by atoms with Crippen LogP contribution in [0.15, 0.2) is 53.5 Å². The van der Waals surface area contributed by atoms with Crippen LogP contribution in [0.3, 0.4) is 0 Å². The third kappa shape index (κ3) is 7.73. The Kier molecular flexibility index (Phi) is 9.35. The van der Waals surface area contributed by atoms with Crippen molar-refractivity contribution in [2.24, 2.45) is 4.99 Å². The molecule has 0 radical (unpaired) electrons. The predicted octanol–water partition coefficient (Wildman–Crippen LogP) is 2.83. The highest BCUT2D eigenvalue weighted by Crippen LogP contribution is 2.28. The first-order valence-corrected chi connectivity index (χ1v) is 9.75. The maximum absolute atomic E-state index is 12.0. The average Bonchev–Trinajstić information content (AvgIpc) is 2.74. The topological polar surface area (TPSA) is 84.0 Å². The summed E-state index contributed by atoms with van der Waals surface area (Å²) in [4.78, 5) is 16.2. The summed E-state index contributed by atoms with van der Waals surface area (Å²) in [7, 11) is 3.32. The summed E-state index contributed by atoms with van der Waals surface area (Å²) in [6.07, 6.45) is 1.80. The highest BCUT2D eigenvalue weighted by atomic mass is 16.5. The molecule has 7 heteroatoms. The summed E-state index contributed by atoms with van der Waals surface area (Å²) in [5.74, 6) is 1.98. The van der Waals surface area contributed by atoms with Gasteiger partial charge in [-0.15, -0.1) is 0 Å². The summed E-state index contributed by atoms with van der Waals surface area (Å²) < 4.78 is 10.9. The molecule has 0 fully saturated rings. The zero-order chi connectivity index (χ0) is 20.9. The largest absolute Gasteiger partial charge is 0.493 e. The Balaban J connectivity index is 1.71. The molecule has 0 heterocycles. The van der Waals surface area contributed by atoms with E-state index >= 15 is 0 Å². The number of rotatable bonds is 10. The Labute approximate surface area is 172 Å². The van der Waals surface area contributed by atoms with E-state index in [9.17, 15) is 4.79 Å². The highest BCUT2D eigenvalue weighted by Gasteiger charge is 2.06. The fourth-order valence-electron chi connectivity index (χ4n) is 2.76. The molecule has 29 heavy (non-hydrogen) atoms. The fraction of sp³-hybridized carbons (Fsp3) is 0.364. The second kappa shape index (κ2) is 12.3. The number of guanidine groups is 1. The summed E-state index contributed by atoms with van der Waals surface area (Å²) >= 11 is 0. The number of hydrogen-bond donors (Lipinski definition) is 3. The molecule has 2 aromatic rings. The van der Waals surface area contributed by atoms with Gasteiger partial charge in [-0.2, -0.15) is 0 Å². The van der Waals surface area contributed by atoms with Gasteiger partial charge in [0, 0.05) is 19.3 Å². The van der Waals surface area contributed by atoms with Crippen LogP contribution in [0.2, 0.25) is 0 Å². The van der Waals surface area contributed by atoms with Crippen LogP contribution in [0.4, 0.5) is 5.69 Å². The predicted molar refractivity (Wildman–Crippen MR) is 117 cm³/mol. The van der Waals surface area contributed by atoms with Gasteiger partial charge in [0.1, 0.15) is 0 Å². The minimum Gasteiger partial charge on any atom is -0.493 e. The number of hydrogen-bond acceptors (Lipinski definition) is 4. The van der Waals surface area contributed by atoms with Gasteiger partial charge in [0.15, 0.2) is 17.5 Å². The van der Waals surface area contributed by atoms with E-state index in [4.69, 9.17) is 9.47 Å². The molecular formula is C22H30N4O3. The molecule has 156 valence electrons. The van der Waals surface area contributed by atoms with Crippen LogP contribution in [-0.2, 0) is 11.2 Å². The van der Waals surface area contributed by atoms with Gasteiger partial charge in [-0.25, -0.2) is 0 Å². The number of nitrogens with zero attached hydrogens (tertiary/aromatic N) is 1. The van der Waals surface area contributed by atoms with E-state index in [0.717, 1.165) is 36.6 Å². The van der Waals surface area contributed by atoms with Crippen molar-refractivity contribution in [1.29, 1.82) is 0 Å². The molecule has 0 aliphatic carbocycles. The summed E-state index contributed by atoms with van der Waals surface area (Å²) in [6, 6.07) is 15.4. The third-order valence-corrected chi connectivity index (χ3v) is 4.16. The van der Waals surface area contributed by atoms with Crippen LogP contribution < -0.4 is 25.4 Å². The van der Waals surface area contributed by atoms with E-state index in [-0.39, 0.29) is 12.5 Å². The maximum atomic E-state index is 12.0. The molecule has 0 spiro atoms. The van der Waals surface area contributed by atoms with Gasteiger partial charge in [0.25, 0.3) is 0 Å². The van der Waals surface area contributed by atoms with Gasteiger partial charge in [-0.1, -0.05) is 24.3 Å². The normalized spacial score (nSPS) is 10.9. The molecule has 0 saturated heterocycles. The van der Waals surface area contributed by atoms with E-state index in [1.807, 2.05) is 55.5 Å². The van der Waals surface area contributed by atoms with Crippen LogP contribution >= 0.6 is 0 Å². The Morgan fingerprint density at radius 2 is 1.86 bits per heavy atom. The van der Waals surface area contributed by atoms with Gasteiger partial charge >= 0.3 is 0 Å². The quantitative estimate of drug-likeness (QED) is 0.326. The molecule has 7 nitrogen and oxygen atoms in total. The first-order chi connectivity index (χ1) is 14.2. The molecule has 0 atom stereocenters. The molecule has 0 unspecified atom stereocenters. The minimum absolute atomic E-state index is 0.124. The molecule has 0 bridgehead atoms. The number of amides is 1. The first-order valence-electron chi connectivity index (χ1n) is 9.75. The minimum atomic E-state index is -0.124. The van der Waals surface area contributed by atoms with Crippen molar-refractivity contribution in [3.8, 4) is 11.5 Å². The lowest BCUT2D eigenvalue weighted by atomic mass is 10.1. The van der Waals surface area contributed by atoms with Gasteiger partial charge < -0.3 is 25.4 Å². The van der Waals surface area contributed by atoms with E-state index in [2.05, 4.69) is 20.9 Å². The van der Waals surface area contributed by atoms with Gasteiger partial charge in [0.2, 0.25) is 5.91 Å². The molecule has 1 amide bonds. The number of para-hydroxylation sites is 1. The maximum Gasteiger partial charge on any atom is 0.243 e. The standard InChI is InChI=1S/C22H30N4O3/c1-4-29-20-15-17(12-13-19(20)28-3)9-8-14-24-22(23-2)25-16-21(27)26-18-10-6-5-7-11-18/h5-7,10-13,15H,4,8-9,14,16H2,1-3H3,(H,26,27)(H2,23,24,25). The van der Waals surface area contributed by atoms with Crippen molar-refractivity contribution in [2.75, 3.05) is 39.2 Å². The Morgan fingerprint density at radius 1 is 1.07 bits per heavy atom. The van der Waals surface area contributed by atoms with Crippen molar-refractivity contribution in [2.45, 2.75) is 19.8 Å². The summed E-state index contributed by atoms with van der Waals surface area (Å²) in [5.41, 5.74) is 1.95. The molecule has 0 aliphatic heterocycles. The molecule has 3 N–H and O–H groups in total. The number of ether oxygens (including phenoxy) is 2. The number of aryl methyl sites for hydroxylation is 1. The Bertz CT molecular complexity index is 794. The number of aliphatic imine (C=N–C) groups is 1. The van der Waals surface area contributed by atoms with Crippen molar-refractivity contribution in [3.05, 3.63) is 54.1 Å². The number of methoxy groups -OCH3 is 1. The number of nitrogens with one attached hydrogen (secondary N) is 3. The van der Waals surface area contributed by atoms with Crippen LogP contribution in [0, 0.1) is 0 Å². The lowest BCUT2D eigenvalue weighted by Crippen LogP contribution is -2.41. The molecule has 0 saturated carbocycles. The van der Waals surface area contributed by atoms with Crippen molar-refractivity contribution < 1.29 is 14.3 Å². The average molecular weight is 399 g/mol. The van der Waals surface area contributed by atoms with Crippen molar-refractivity contribution in [1.82, 2.24) is 10.6 Å². The highest BCUT2D eigenvalue weighted by molar-refractivity contribution is 5.94. The summed E-state index contributed by atoms with van der Waals surface area (Å²) in [5, 5.41) is 9.07. The number of carbonyl (C=O) groups excluding carboxylic acids is 1. The monoisotopic (exact) mass is 398 g/mol. The zero-order valence-corrected chi connectivity index (χ0v) is 17.3. The van der Waals surface area contributed by atoms with Gasteiger partial charge in [-0.3, -0.25) is 9.79 Å². The van der Waals surface area contributed by atoms with Crippen LogP contribution in [0.25, 0.3) is 0 Å². The first kappa shape index (κ1) is 22.1. The Morgan fingerprint density at radius 3 is 2.55 bits per heavy atom. The van der Waals surface area contributed by atoms with Crippen molar-refractivity contribution >= 4 is 17.6 Å². The second-order valence-corrected chi connectivity index (χ2v) is 6.29. The van der Waals surface area contributed by atoms with Crippen molar-refractivity contribution in [3.63, 3.8) is 0 Å². The molecule has 2 aromatic carbocycles. The van der Waals surface area contributed by atoms with Gasteiger partial charge in [0.05, 0.1) is 20.3 Å². The fourth-order valence-corrected chi connectivity index (χ4v) is 2.76. The number of carbonyl (C=O) groups is 1. The van der Waals surface area contributed by atoms with Crippen LogP contribution in [0.5, 0.6) is 11.5 Å². The smallest absolute Gasteiger partial charge is 0.243 e. The second-order valence-electron chi connectivity index (χ2n) is 6.29. The van der Waals surface area contributed by atoms with Crippen LogP contribution in [0.1, 0.15) is 18.9 Å². The van der Waals surface area contributed by atoms with Gasteiger partial charge in [-0.05, 0) is 49.6 Å². The summed E-state index contributed by atoms with van der Waals surface area (Å²) in [6.45, 7) is 3.43.